The second kappa shape index (κ2) is 6.35. The van der Waals surface area contributed by atoms with Crippen LogP contribution in [0.2, 0.25) is 0 Å². The predicted octanol–water partition coefficient (Wildman–Crippen LogP) is 3.60. The van der Waals surface area contributed by atoms with Crippen molar-refractivity contribution in [3.8, 4) is 5.75 Å². The van der Waals surface area contributed by atoms with Crippen LogP contribution in [0.1, 0.15) is 11.1 Å². The van der Waals surface area contributed by atoms with Crippen LogP contribution in [0.15, 0.2) is 36.4 Å². The normalized spacial score (nSPS) is 10.3. The van der Waals surface area contributed by atoms with E-state index in [2.05, 4.69) is 5.32 Å². The summed E-state index contributed by atoms with van der Waals surface area (Å²) in [5.74, 6) is -1.76. The molecule has 2 aromatic carbocycles. The molecule has 1 amide bonds. The van der Waals surface area contributed by atoms with Crippen molar-refractivity contribution >= 4 is 11.6 Å². The van der Waals surface area contributed by atoms with E-state index >= 15 is 0 Å². The first kappa shape index (κ1) is 15.0. The average Bonchev–Trinajstić information content (AvgIpc) is 2.42. The fraction of sp³-hybridized carbons (Fsp3) is 0.188. The van der Waals surface area contributed by atoms with Gasteiger partial charge in [-0.1, -0.05) is 18.2 Å². The third kappa shape index (κ3) is 3.78. The van der Waals surface area contributed by atoms with E-state index in [1.165, 1.54) is 6.07 Å². The molecule has 0 unspecified atom stereocenters. The molecule has 21 heavy (non-hydrogen) atoms. The number of halogens is 2. The van der Waals surface area contributed by atoms with Crippen LogP contribution < -0.4 is 10.1 Å². The molecule has 5 heteroatoms. The van der Waals surface area contributed by atoms with Crippen molar-refractivity contribution in [2.24, 2.45) is 0 Å². The summed E-state index contributed by atoms with van der Waals surface area (Å²) in [4.78, 5) is 11.8. The van der Waals surface area contributed by atoms with E-state index in [4.69, 9.17) is 4.74 Å². The number of hydrogen-bond acceptors (Lipinski definition) is 2. The highest BCUT2D eigenvalue weighted by molar-refractivity contribution is 5.91. The van der Waals surface area contributed by atoms with Crippen LogP contribution in [-0.4, -0.2) is 12.5 Å². The lowest BCUT2D eigenvalue weighted by Crippen LogP contribution is -2.20. The molecule has 0 radical (unpaired) electrons. The smallest absolute Gasteiger partial charge is 0.262 e. The van der Waals surface area contributed by atoms with Gasteiger partial charge in [-0.2, -0.15) is 0 Å². The topological polar surface area (TPSA) is 38.3 Å². The number of anilines is 1. The maximum atomic E-state index is 13.0. The molecular weight excluding hydrogens is 276 g/mol. The molecule has 2 aromatic rings. The molecule has 0 aromatic heterocycles. The molecule has 0 fully saturated rings. The standard InChI is InChI=1S/C16H15F2NO2/c1-10-4-3-5-11(2)16(10)21-9-15(20)19-12-6-7-13(17)14(18)8-12/h3-8H,9H2,1-2H3,(H,19,20). The van der Waals surface area contributed by atoms with Crippen molar-refractivity contribution in [3.05, 3.63) is 59.2 Å². The predicted molar refractivity (Wildman–Crippen MR) is 76.4 cm³/mol. The average molecular weight is 291 g/mol. The second-order valence-corrected chi connectivity index (χ2v) is 4.69. The monoisotopic (exact) mass is 291 g/mol. The van der Waals surface area contributed by atoms with Gasteiger partial charge in [0, 0.05) is 11.8 Å². The Labute approximate surface area is 121 Å². The second-order valence-electron chi connectivity index (χ2n) is 4.69. The fourth-order valence-electron chi connectivity index (χ4n) is 1.94. The van der Waals surface area contributed by atoms with Gasteiger partial charge in [0.1, 0.15) is 5.75 Å². The van der Waals surface area contributed by atoms with Gasteiger partial charge in [-0.25, -0.2) is 8.78 Å². The van der Waals surface area contributed by atoms with Gasteiger partial charge in [0.15, 0.2) is 18.2 Å². The highest BCUT2D eigenvalue weighted by Gasteiger charge is 2.09. The van der Waals surface area contributed by atoms with Gasteiger partial charge < -0.3 is 10.1 Å². The summed E-state index contributed by atoms with van der Waals surface area (Å²) >= 11 is 0. The zero-order valence-electron chi connectivity index (χ0n) is 11.7. The SMILES string of the molecule is Cc1cccc(C)c1OCC(=O)Nc1ccc(F)c(F)c1. The molecule has 0 atom stereocenters. The Morgan fingerprint density at radius 1 is 1.10 bits per heavy atom. The Bertz CT molecular complexity index is 651. The minimum absolute atomic E-state index is 0.184. The lowest BCUT2D eigenvalue weighted by Gasteiger charge is -2.12. The number of ether oxygens (including phenoxy) is 1. The molecule has 0 aliphatic rings. The van der Waals surface area contributed by atoms with E-state index < -0.39 is 17.5 Å². The van der Waals surface area contributed by atoms with Gasteiger partial charge in [-0.15, -0.1) is 0 Å². The summed E-state index contributed by atoms with van der Waals surface area (Å²) < 4.78 is 31.3. The molecule has 3 nitrogen and oxygen atoms in total. The number of rotatable bonds is 4. The lowest BCUT2D eigenvalue weighted by molar-refractivity contribution is -0.118. The Morgan fingerprint density at radius 2 is 1.76 bits per heavy atom. The Kier molecular flexibility index (Phi) is 4.52. The van der Waals surface area contributed by atoms with Crippen molar-refractivity contribution in [3.63, 3.8) is 0 Å². The molecule has 0 heterocycles. The highest BCUT2D eigenvalue weighted by Crippen LogP contribution is 2.22. The van der Waals surface area contributed by atoms with E-state index in [-0.39, 0.29) is 12.3 Å². The number of carbonyl (C=O) groups is 1. The zero-order chi connectivity index (χ0) is 15.4. The Balaban J connectivity index is 1.97. The Morgan fingerprint density at radius 3 is 2.38 bits per heavy atom. The van der Waals surface area contributed by atoms with Crippen LogP contribution in [-0.2, 0) is 4.79 Å². The third-order valence-corrected chi connectivity index (χ3v) is 2.96. The fourth-order valence-corrected chi connectivity index (χ4v) is 1.94. The Hall–Kier alpha value is -2.43. The molecule has 0 spiro atoms. The van der Waals surface area contributed by atoms with E-state index in [0.717, 1.165) is 23.3 Å². The first-order valence-corrected chi connectivity index (χ1v) is 6.41. The molecule has 0 bridgehead atoms. The summed E-state index contributed by atoms with van der Waals surface area (Å²) in [5.41, 5.74) is 2.04. The molecule has 1 N–H and O–H groups in total. The largest absolute Gasteiger partial charge is 0.483 e. The van der Waals surface area contributed by atoms with Gasteiger partial charge in [0.05, 0.1) is 0 Å². The third-order valence-electron chi connectivity index (χ3n) is 2.96. The van der Waals surface area contributed by atoms with Gasteiger partial charge in [0.25, 0.3) is 5.91 Å². The minimum Gasteiger partial charge on any atom is -0.483 e. The van der Waals surface area contributed by atoms with Crippen LogP contribution in [0.5, 0.6) is 5.75 Å². The number of amides is 1. The van der Waals surface area contributed by atoms with Crippen molar-refractivity contribution < 1.29 is 18.3 Å². The van der Waals surface area contributed by atoms with Crippen LogP contribution >= 0.6 is 0 Å². The van der Waals surface area contributed by atoms with Crippen molar-refractivity contribution in [2.75, 3.05) is 11.9 Å². The van der Waals surface area contributed by atoms with Crippen molar-refractivity contribution in [2.45, 2.75) is 13.8 Å². The number of hydrogen-bond donors (Lipinski definition) is 1. The molecule has 0 saturated carbocycles. The van der Waals surface area contributed by atoms with Crippen LogP contribution in [0, 0.1) is 25.5 Å². The first-order valence-electron chi connectivity index (χ1n) is 6.41. The number of benzene rings is 2. The number of carbonyl (C=O) groups excluding carboxylic acids is 1. The van der Waals surface area contributed by atoms with E-state index in [9.17, 15) is 13.6 Å². The molecule has 110 valence electrons. The molecule has 2 rings (SSSR count). The maximum absolute atomic E-state index is 13.0. The van der Waals surface area contributed by atoms with E-state index in [0.29, 0.717) is 5.75 Å². The van der Waals surface area contributed by atoms with Gasteiger partial charge in [-0.05, 0) is 37.1 Å². The molecular formula is C16H15F2NO2. The van der Waals surface area contributed by atoms with Crippen molar-refractivity contribution in [1.82, 2.24) is 0 Å². The zero-order valence-corrected chi connectivity index (χ0v) is 11.7. The van der Waals surface area contributed by atoms with Crippen LogP contribution in [0.4, 0.5) is 14.5 Å². The van der Waals surface area contributed by atoms with Crippen LogP contribution in [0.25, 0.3) is 0 Å². The molecule has 0 aliphatic heterocycles. The van der Waals surface area contributed by atoms with E-state index in [1.807, 2.05) is 32.0 Å². The lowest BCUT2D eigenvalue weighted by atomic mass is 10.1. The van der Waals surface area contributed by atoms with Gasteiger partial charge in [0.2, 0.25) is 0 Å². The summed E-state index contributed by atoms with van der Waals surface area (Å²) in [5, 5.41) is 2.45. The number of nitrogens with one attached hydrogen (secondary N) is 1. The minimum atomic E-state index is -1.01. The summed E-state index contributed by atoms with van der Waals surface area (Å²) in [6.07, 6.45) is 0. The van der Waals surface area contributed by atoms with Crippen molar-refractivity contribution in [1.29, 1.82) is 0 Å². The first-order chi connectivity index (χ1) is 9.97. The molecule has 0 saturated heterocycles. The summed E-state index contributed by atoms with van der Waals surface area (Å²) in [6, 6.07) is 8.84. The van der Waals surface area contributed by atoms with Gasteiger partial charge in [-0.3, -0.25) is 4.79 Å². The van der Waals surface area contributed by atoms with E-state index in [1.54, 1.807) is 0 Å². The quantitative estimate of drug-likeness (QED) is 0.934. The van der Waals surface area contributed by atoms with Crippen LogP contribution in [0.3, 0.4) is 0 Å². The highest BCUT2D eigenvalue weighted by atomic mass is 19.2. The number of aryl methyl sites for hydroxylation is 2. The number of para-hydroxylation sites is 1. The summed E-state index contributed by atoms with van der Waals surface area (Å²) in [6.45, 7) is 3.57. The maximum Gasteiger partial charge on any atom is 0.262 e. The summed E-state index contributed by atoms with van der Waals surface area (Å²) in [7, 11) is 0. The molecule has 0 aliphatic carbocycles. The van der Waals surface area contributed by atoms with Gasteiger partial charge >= 0.3 is 0 Å².